The Kier molecular flexibility index (Phi) is 5.68. The van der Waals surface area contributed by atoms with E-state index in [0.29, 0.717) is 13.1 Å². The van der Waals surface area contributed by atoms with Crippen molar-refractivity contribution in [3.05, 3.63) is 59.9 Å². The number of carbonyl (C=O) groups excluding carboxylic acids is 2. The summed E-state index contributed by atoms with van der Waals surface area (Å²) < 4.78 is 2.14. The number of hydrogen-bond acceptors (Lipinski definition) is 3. The van der Waals surface area contributed by atoms with Gasteiger partial charge in [0.15, 0.2) is 0 Å². The lowest BCUT2D eigenvalue weighted by molar-refractivity contribution is -0.135. The number of aryl methyl sites for hydroxylation is 1. The van der Waals surface area contributed by atoms with E-state index in [1.807, 2.05) is 48.2 Å². The van der Waals surface area contributed by atoms with Gasteiger partial charge in [-0.05, 0) is 49.9 Å². The Bertz CT molecular complexity index is 1150. The van der Waals surface area contributed by atoms with E-state index in [2.05, 4.69) is 27.0 Å². The first-order chi connectivity index (χ1) is 15.6. The maximum Gasteiger partial charge on any atom is 0.230 e. The van der Waals surface area contributed by atoms with Gasteiger partial charge in [0.25, 0.3) is 0 Å². The number of nitrogens with one attached hydrogen (secondary N) is 1. The Labute approximate surface area is 188 Å². The lowest BCUT2D eigenvalue weighted by Crippen LogP contribution is -2.45. The number of fused-ring (bicyclic) bond motifs is 2. The van der Waals surface area contributed by atoms with Gasteiger partial charge in [0.2, 0.25) is 11.8 Å². The van der Waals surface area contributed by atoms with Crippen LogP contribution in [0.3, 0.4) is 0 Å². The second-order valence-corrected chi connectivity index (χ2v) is 8.96. The summed E-state index contributed by atoms with van der Waals surface area (Å²) in [5.41, 5.74) is 4.29. The summed E-state index contributed by atoms with van der Waals surface area (Å²) in [6.07, 6.45) is 4.48. The molecule has 1 fully saturated rings. The molecule has 2 atom stereocenters. The molecular formula is C26H30N4O2. The van der Waals surface area contributed by atoms with Crippen LogP contribution in [0.4, 0.5) is 5.69 Å². The summed E-state index contributed by atoms with van der Waals surface area (Å²) in [5.74, 6) is 0.595. The Balaban J connectivity index is 1.25. The van der Waals surface area contributed by atoms with E-state index in [1.54, 1.807) is 0 Å². The van der Waals surface area contributed by atoms with Crippen LogP contribution in [0.25, 0.3) is 11.0 Å². The van der Waals surface area contributed by atoms with Gasteiger partial charge in [0.1, 0.15) is 5.82 Å². The number of carbonyl (C=O) groups is 2. The molecular weight excluding hydrogens is 400 g/mol. The lowest BCUT2D eigenvalue weighted by atomic mass is 9.77. The van der Waals surface area contributed by atoms with Crippen molar-refractivity contribution in [3.63, 3.8) is 0 Å². The minimum Gasteiger partial charge on any atom is -0.354 e. The number of anilines is 1. The molecule has 3 aromatic rings. The molecule has 0 bridgehead atoms. The zero-order valence-electron chi connectivity index (χ0n) is 18.6. The van der Waals surface area contributed by atoms with Crippen LogP contribution < -0.4 is 10.2 Å². The zero-order chi connectivity index (χ0) is 22.1. The number of nitrogens with zero attached hydrogens (tertiary/aromatic N) is 3. The lowest BCUT2D eigenvalue weighted by Gasteiger charge is -2.32. The summed E-state index contributed by atoms with van der Waals surface area (Å²) in [7, 11) is 0. The van der Waals surface area contributed by atoms with Gasteiger partial charge in [0, 0.05) is 31.2 Å². The molecule has 0 spiro atoms. The van der Waals surface area contributed by atoms with E-state index in [1.165, 1.54) is 5.56 Å². The van der Waals surface area contributed by atoms with Gasteiger partial charge in [-0.1, -0.05) is 43.2 Å². The van der Waals surface area contributed by atoms with E-state index < -0.39 is 0 Å². The van der Waals surface area contributed by atoms with Crippen LogP contribution in [0.15, 0.2) is 48.5 Å². The second kappa shape index (κ2) is 8.77. The van der Waals surface area contributed by atoms with Gasteiger partial charge in [0.05, 0.1) is 17.0 Å². The summed E-state index contributed by atoms with van der Waals surface area (Å²) in [4.78, 5) is 33.1. The predicted octanol–water partition coefficient (Wildman–Crippen LogP) is 3.86. The molecule has 2 aliphatic rings. The molecule has 32 heavy (non-hydrogen) atoms. The Morgan fingerprint density at radius 2 is 1.78 bits per heavy atom. The summed E-state index contributed by atoms with van der Waals surface area (Å²) >= 11 is 0. The van der Waals surface area contributed by atoms with Gasteiger partial charge in [-0.3, -0.25) is 9.59 Å². The SMILES string of the molecule is Cc1nc2ccccc2n1CCNC(=O)[C@@H]1CCCC[C@@H]1C(=O)N1CCc2ccccc21. The number of benzene rings is 2. The van der Waals surface area contributed by atoms with Crippen molar-refractivity contribution < 1.29 is 9.59 Å². The fourth-order valence-corrected chi connectivity index (χ4v) is 5.41. The molecule has 1 aromatic heterocycles. The molecule has 2 aromatic carbocycles. The van der Waals surface area contributed by atoms with Crippen molar-refractivity contribution in [2.45, 2.75) is 45.6 Å². The van der Waals surface area contributed by atoms with Gasteiger partial charge >= 0.3 is 0 Å². The standard InChI is InChI=1S/C26H30N4O2/c1-18-28-22-11-5-7-13-24(22)29(18)17-15-27-25(31)20-9-3-4-10-21(20)26(32)30-16-14-19-8-2-6-12-23(19)30/h2,5-8,11-13,20-21H,3-4,9-10,14-17H2,1H3,(H,27,31)/t20-,21+/m1/s1. The molecule has 1 aliphatic carbocycles. The molecule has 2 heterocycles. The van der Waals surface area contributed by atoms with Gasteiger partial charge in [-0.15, -0.1) is 0 Å². The smallest absolute Gasteiger partial charge is 0.230 e. The van der Waals surface area contributed by atoms with Crippen molar-refractivity contribution in [1.29, 1.82) is 0 Å². The second-order valence-electron chi connectivity index (χ2n) is 8.96. The third kappa shape index (κ3) is 3.78. The molecule has 0 unspecified atom stereocenters. The van der Waals surface area contributed by atoms with E-state index in [-0.39, 0.29) is 23.7 Å². The molecule has 0 radical (unpaired) electrons. The van der Waals surface area contributed by atoms with E-state index in [4.69, 9.17) is 0 Å². The number of hydrogen-bond donors (Lipinski definition) is 1. The number of aromatic nitrogens is 2. The molecule has 5 rings (SSSR count). The molecule has 1 saturated carbocycles. The molecule has 6 nitrogen and oxygen atoms in total. The third-order valence-corrected chi connectivity index (χ3v) is 7.05. The molecule has 0 saturated heterocycles. The largest absolute Gasteiger partial charge is 0.354 e. The van der Waals surface area contributed by atoms with Crippen LogP contribution in [0, 0.1) is 18.8 Å². The molecule has 166 valence electrons. The fourth-order valence-electron chi connectivity index (χ4n) is 5.41. The monoisotopic (exact) mass is 430 g/mol. The predicted molar refractivity (Wildman–Crippen MR) is 125 cm³/mol. The molecule has 6 heteroatoms. The highest BCUT2D eigenvalue weighted by molar-refractivity contribution is 5.99. The van der Waals surface area contributed by atoms with Gasteiger partial charge in [-0.25, -0.2) is 4.98 Å². The van der Waals surface area contributed by atoms with Crippen molar-refractivity contribution in [1.82, 2.24) is 14.9 Å². The van der Waals surface area contributed by atoms with Crippen molar-refractivity contribution in [2.24, 2.45) is 11.8 Å². The van der Waals surface area contributed by atoms with E-state index >= 15 is 0 Å². The van der Waals surface area contributed by atoms with Crippen molar-refractivity contribution in [3.8, 4) is 0 Å². The molecule has 2 amide bonds. The maximum atomic E-state index is 13.5. The first-order valence-corrected chi connectivity index (χ1v) is 11.7. The summed E-state index contributed by atoms with van der Waals surface area (Å²) in [6, 6.07) is 16.2. The Morgan fingerprint density at radius 1 is 1.03 bits per heavy atom. The van der Waals surface area contributed by atoms with E-state index in [9.17, 15) is 9.59 Å². The topological polar surface area (TPSA) is 67.2 Å². The Morgan fingerprint density at radius 3 is 2.66 bits per heavy atom. The van der Waals surface area contributed by atoms with Gasteiger partial charge in [-0.2, -0.15) is 0 Å². The van der Waals surface area contributed by atoms with Crippen molar-refractivity contribution >= 4 is 28.5 Å². The van der Waals surface area contributed by atoms with Crippen LogP contribution in [0.1, 0.15) is 37.1 Å². The number of imidazole rings is 1. The van der Waals surface area contributed by atoms with Crippen LogP contribution in [-0.4, -0.2) is 34.5 Å². The van der Waals surface area contributed by atoms with Crippen LogP contribution >= 0.6 is 0 Å². The van der Waals surface area contributed by atoms with Crippen LogP contribution in [0.5, 0.6) is 0 Å². The number of para-hydroxylation sites is 3. The average molecular weight is 431 g/mol. The van der Waals surface area contributed by atoms with E-state index in [0.717, 1.165) is 61.2 Å². The number of amides is 2. The van der Waals surface area contributed by atoms with Crippen molar-refractivity contribution in [2.75, 3.05) is 18.0 Å². The fraction of sp³-hybridized carbons (Fsp3) is 0.423. The average Bonchev–Trinajstić information content (AvgIpc) is 3.39. The highest BCUT2D eigenvalue weighted by atomic mass is 16.2. The molecule has 1 N–H and O–H groups in total. The zero-order valence-corrected chi connectivity index (χ0v) is 18.6. The number of rotatable bonds is 5. The van der Waals surface area contributed by atoms with Crippen LogP contribution in [-0.2, 0) is 22.6 Å². The third-order valence-electron chi connectivity index (χ3n) is 7.05. The minimum absolute atomic E-state index is 0.0117. The highest BCUT2D eigenvalue weighted by Gasteiger charge is 2.39. The Hall–Kier alpha value is -3.15. The maximum absolute atomic E-state index is 13.5. The highest BCUT2D eigenvalue weighted by Crippen LogP contribution is 2.35. The summed E-state index contributed by atoms with van der Waals surface area (Å²) in [5, 5.41) is 3.12. The normalized spacial score (nSPS) is 20.3. The minimum atomic E-state index is -0.246. The molecule has 1 aliphatic heterocycles. The summed E-state index contributed by atoms with van der Waals surface area (Å²) in [6.45, 7) is 3.91. The first kappa shape index (κ1) is 20.7. The van der Waals surface area contributed by atoms with Crippen LogP contribution in [0.2, 0.25) is 0 Å². The first-order valence-electron chi connectivity index (χ1n) is 11.7. The van der Waals surface area contributed by atoms with Gasteiger partial charge < -0.3 is 14.8 Å². The quantitative estimate of drug-likeness (QED) is 0.668.